The highest BCUT2D eigenvalue weighted by molar-refractivity contribution is 5.80. The molecular weight excluding hydrogens is 369 g/mol. The van der Waals surface area contributed by atoms with Gasteiger partial charge in [0.05, 0.1) is 11.0 Å². The second kappa shape index (κ2) is 8.31. The van der Waals surface area contributed by atoms with E-state index in [-0.39, 0.29) is 24.4 Å². The molecule has 6 heteroatoms. The van der Waals surface area contributed by atoms with Gasteiger partial charge in [0.2, 0.25) is 5.91 Å². The van der Waals surface area contributed by atoms with Crippen LogP contribution in [0.3, 0.4) is 0 Å². The third-order valence-electron chi connectivity index (χ3n) is 5.07. The van der Waals surface area contributed by atoms with Gasteiger partial charge in [-0.25, -0.2) is 4.39 Å². The summed E-state index contributed by atoms with van der Waals surface area (Å²) in [6.45, 7) is 0.778. The van der Waals surface area contributed by atoms with Crippen molar-refractivity contribution in [1.82, 2.24) is 14.3 Å². The number of hydrogen-bond donors (Lipinski definition) is 1. The third-order valence-corrected chi connectivity index (χ3v) is 5.07. The maximum absolute atomic E-state index is 13.8. The molecule has 4 rings (SSSR count). The quantitative estimate of drug-likeness (QED) is 0.490. The Morgan fingerprint density at radius 2 is 1.79 bits per heavy atom. The Hall–Kier alpha value is -3.41. The molecule has 2 heterocycles. The van der Waals surface area contributed by atoms with Crippen molar-refractivity contribution in [1.29, 1.82) is 0 Å². The Bertz CT molecular complexity index is 1210. The van der Waals surface area contributed by atoms with Crippen LogP contribution in [0, 0.1) is 5.82 Å². The first-order valence-corrected chi connectivity index (χ1v) is 9.73. The summed E-state index contributed by atoms with van der Waals surface area (Å²) in [5.74, 6) is -0.535. The summed E-state index contributed by atoms with van der Waals surface area (Å²) >= 11 is 0. The van der Waals surface area contributed by atoms with E-state index in [9.17, 15) is 14.0 Å². The number of carbonyl (C=O) groups excluding carboxylic acids is 1. The van der Waals surface area contributed by atoms with Crippen molar-refractivity contribution in [3.05, 3.63) is 88.6 Å². The van der Waals surface area contributed by atoms with Gasteiger partial charge in [-0.2, -0.15) is 0 Å². The summed E-state index contributed by atoms with van der Waals surface area (Å²) in [7, 11) is 0. The molecule has 2 aromatic carbocycles. The van der Waals surface area contributed by atoms with Gasteiger partial charge in [0.1, 0.15) is 11.3 Å². The maximum atomic E-state index is 13.8. The summed E-state index contributed by atoms with van der Waals surface area (Å²) in [6.07, 6.45) is 3.68. The zero-order chi connectivity index (χ0) is 20.2. The molecule has 29 heavy (non-hydrogen) atoms. The Labute approximate surface area is 167 Å². The minimum Gasteiger partial charge on any atom is -0.356 e. The molecule has 0 aliphatic heterocycles. The lowest BCUT2D eigenvalue weighted by molar-refractivity contribution is -0.121. The molecule has 0 radical (unpaired) electrons. The van der Waals surface area contributed by atoms with E-state index in [2.05, 4.69) is 17.4 Å². The molecule has 0 aliphatic carbocycles. The lowest BCUT2D eigenvalue weighted by Crippen LogP contribution is -2.29. The van der Waals surface area contributed by atoms with E-state index in [0.29, 0.717) is 17.6 Å². The SMILES string of the molecule is O=C(CCn1c(=O)c2cccn2c2ccc(F)cc21)NCCCc1ccccc1. The topological polar surface area (TPSA) is 55.5 Å². The van der Waals surface area contributed by atoms with Crippen molar-refractivity contribution in [2.75, 3.05) is 6.54 Å². The van der Waals surface area contributed by atoms with E-state index >= 15 is 0 Å². The molecule has 148 valence electrons. The molecule has 0 unspecified atom stereocenters. The zero-order valence-corrected chi connectivity index (χ0v) is 16.0. The van der Waals surface area contributed by atoms with Crippen molar-refractivity contribution in [3.8, 4) is 0 Å². The van der Waals surface area contributed by atoms with Crippen LogP contribution in [0.15, 0.2) is 71.7 Å². The van der Waals surface area contributed by atoms with Gasteiger partial charge in [-0.15, -0.1) is 0 Å². The smallest absolute Gasteiger partial charge is 0.275 e. The zero-order valence-electron chi connectivity index (χ0n) is 16.0. The molecule has 1 amide bonds. The average Bonchev–Trinajstić information content (AvgIpc) is 3.22. The van der Waals surface area contributed by atoms with Gasteiger partial charge in [0.25, 0.3) is 5.56 Å². The summed E-state index contributed by atoms with van der Waals surface area (Å²) < 4.78 is 17.0. The number of nitrogens with one attached hydrogen (secondary N) is 1. The van der Waals surface area contributed by atoms with Crippen LogP contribution in [0.4, 0.5) is 4.39 Å². The molecule has 0 fully saturated rings. The first-order chi connectivity index (χ1) is 14.1. The van der Waals surface area contributed by atoms with Crippen molar-refractivity contribution < 1.29 is 9.18 Å². The second-order valence-electron chi connectivity index (χ2n) is 7.04. The van der Waals surface area contributed by atoms with E-state index in [1.807, 2.05) is 18.2 Å². The summed E-state index contributed by atoms with van der Waals surface area (Å²) in [4.78, 5) is 25.1. The first kappa shape index (κ1) is 18.9. The number of aromatic nitrogens is 2. The Balaban J connectivity index is 1.43. The van der Waals surface area contributed by atoms with Crippen molar-refractivity contribution in [2.24, 2.45) is 0 Å². The van der Waals surface area contributed by atoms with Crippen LogP contribution in [0.25, 0.3) is 16.6 Å². The molecule has 1 N–H and O–H groups in total. The van der Waals surface area contributed by atoms with Gasteiger partial charge in [-0.05, 0) is 48.7 Å². The van der Waals surface area contributed by atoms with Crippen LogP contribution in [0.5, 0.6) is 0 Å². The van der Waals surface area contributed by atoms with Gasteiger partial charge >= 0.3 is 0 Å². The lowest BCUT2D eigenvalue weighted by atomic mass is 10.1. The Morgan fingerprint density at radius 3 is 2.62 bits per heavy atom. The number of nitrogens with zero attached hydrogens (tertiary/aromatic N) is 2. The van der Waals surface area contributed by atoms with E-state index in [1.54, 1.807) is 28.8 Å². The summed E-state index contributed by atoms with van der Waals surface area (Å²) in [6, 6.07) is 18.0. The molecule has 0 spiro atoms. The molecular formula is C23H22FN3O2. The van der Waals surface area contributed by atoms with Crippen LogP contribution in [0.1, 0.15) is 18.4 Å². The van der Waals surface area contributed by atoms with Gasteiger partial charge in [0, 0.05) is 25.7 Å². The maximum Gasteiger partial charge on any atom is 0.275 e. The highest BCUT2D eigenvalue weighted by Crippen LogP contribution is 2.17. The summed E-state index contributed by atoms with van der Waals surface area (Å²) in [5.41, 5.74) is 2.73. The average molecular weight is 391 g/mol. The Kier molecular flexibility index (Phi) is 5.42. The molecule has 0 aliphatic rings. The largest absolute Gasteiger partial charge is 0.356 e. The number of fused-ring (bicyclic) bond motifs is 3. The van der Waals surface area contributed by atoms with Crippen molar-refractivity contribution in [3.63, 3.8) is 0 Å². The van der Waals surface area contributed by atoms with E-state index < -0.39 is 5.82 Å². The highest BCUT2D eigenvalue weighted by Gasteiger charge is 2.12. The molecule has 5 nitrogen and oxygen atoms in total. The third kappa shape index (κ3) is 4.06. The molecule has 2 aromatic heterocycles. The second-order valence-corrected chi connectivity index (χ2v) is 7.04. The number of amides is 1. The number of carbonyl (C=O) groups is 1. The van der Waals surface area contributed by atoms with Crippen LogP contribution in [-0.2, 0) is 17.8 Å². The standard InChI is InChI=1S/C23H22FN3O2/c24-18-10-11-19-21(16-18)27(23(29)20-9-5-14-26(19)20)15-12-22(28)25-13-4-8-17-6-2-1-3-7-17/h1-3,5-7,9-11,14,16H,4,8,12-13,15H2,(H,25,28). The van der Waals surface area contributed by atoms with Crippen LogP contribution >= 0.6 is 0 Å². The molecule has 0 saturated heterocycles. The predicted molar refractivity (Wildman–Crippen MR) is 112 cm³/mol. The number of hydrogen-bond acceptors (Lipinski definition) is 2. The number of rotatable bonds is 7. The number of halogens is 1. The number of benzene rings is 2. The van der Waals surface area contributed by atoms with Gasteiger partial charge in [0.15, 0.2) is 0 Å². The fourth-order valence-corrected chi connectivity index (χ4v) is 3.62. The van der Waals surface area contributed by atoms with Crippen LogP contribution in [0.2, 0.25) is 0 Å². The van der Waals surface area contributed by atoms with Crippen LogP contribution < -0.4 is 10.9 Å². The highest BCUT2D eigenvalue weighted by atomic mass is 19.1. The fourth-order valence-electron chi connectivity index (χ4n) is 3.62. The van der Waals surface area contributed by atoms with Crippen molar-refractivity contribution in [2.45, 2.75) is 25.8 Å². The molecule has 0 saturated carbocycles. The van der Waals surface area contributed by atoms with Gasteiger partial charge < -0.3 is 14.3 Å². The van der Waals surface area contributed by atoms with E-state index in [0.717, 1.165) is 18.4 Å². The normalized spacial score (nSPS) is 11.2. The minimum atomic E-state index is -0.414. The predicted octanol–water partition coefficient (Wildman–Crippen LogP) is 3.53. The van der Waals surface area contributed by atoms with Crippen LogP contribution in [-0.4, -0.2) is 21.4 Å². The van der Waals surface area contributed by atoms with Crippen molar-refractivity contribution >= 4 is 22.5 Å². The van der Waals surface area contributed by atoms with E-state index in [4.69, 9.17) is 0 Å². The van der Waals surface area contributed by atoms with E-state index in [1.165, 1.54) is 22.3 Å². The monoisotopic (exact) mass is 391 g/mol. The molecule has 4 aromatic rings. The minimum absolute atomic E-state index is 0.121. The summed E-state index contributed by atoms with van der Waals surface area (Å²) in [5, 5.41) is 2.90. The molecule has 0 bridgehead atoms. The number of aryl methyl sites for hydroxylation is 2. The van der Waals surface area contributed by atoms with Gasteiger partial charge in [-0.1, -0.05) is 30.3 Å². The lowest BCUT2D eigenvalue weighted by Gasteiger charge is -2.13. The molecule has 0 atom stereocenters. The fraction of sp³-hybridized carbons (Fsp3) is 0.217. The Morgan fingerprint density at radius 1 is 0.966 bits per heavy atom. The van der Waals surface area contributed by atoms with Gasteiger partial charge in [-0.3, -0.25) is 9.59 Å². The first-order valence-electron chi connectivity index (χ1n) is 9.73.